The average Bonchev–Trinajstić information content (AvgIpc) is 2.45. The largest absolute Gasteiger partial charge is 0.484 e. The Balaban J connectivity index is 1.98. The lowest BCUT2D eigenvalue weighted by atomic mass is 10.2. The first-order valence-corrected chi connectivity index (χ1v) is 6.44. The van der Waals surface area contributed by atoms with Crippen molar-refractivity contribution < 1.29 is 19.4 Å². The monoisotopic (exact) mass is 305 g/mol. The molecule has 2 rings (SSSR count). The Morgan fingerprint density at radius 3 is 2.52 bits per heavy atom. The van der Waals surface area contributed by atoms with Crippen LogP contribution in [0.25, 0.3) is 0 Å². The number of amides is 1. The Morgan fingerprint density at radius 1 is 1.14 bits per heavy atom. The summed E-state index contributed by atoms with van der Waals surface area (Å²) in [6.45, 7) is -0.182. The molecule has 2 aromatic rings. The second-order valence-corrected chi connectivity index (χ2v) is 4.62. The number of carboxylic acids is 1. The zero-order valence-corrected chi connectivity index (χ0v) is 11.6. The van der Waals surface area contributed by atoms with E-state index in [1.165, 1.54) is 18.2 Å². The maximum atomic E-state index is 11.8. The number of rotatable bonds is 5. The number of halogens is 1. The van der Waals surface area contributed by atoms with Gasteiger partial charge >= 0.3 is 5.97 Å². The molecule has 0 unspecified atom stereocenters. The van der Waals surface area contributed by atoms with Crippen LogP contribution in [-0.2, 0) is 4.79 Å². The van der Waals surface area contributed by atoms with E-state index in [0.29, 0.717) is 11.4 Å². The van der Waals surface area contributed by atoms with Gasteiger partial charge in [0.25, 0.3) is 5.91 Å². The topological polar surface area (TPSA) is 75.6 Å². The minimum absolute atomic E-state index is 0.00165. The van der Waals surface area contributed by atoms with Crippen molar-refractivity contribution in [2.24, 2.45) is 0 Å². The van der Waals surface area contributed by atoms with Crippen LogP contribution in [0.2, 0.25) is 5.02 Å². The molecule has 0 spiro atoms. The van der Waals surface area contributed by atoms with E-state index in [1.807, 2.05) is 6.07 Å². The molecule has 0 radical (unpaired) electrons. The number of carbonyl (C=O) groups excluding carboxylic acids is 1. The van der Waals surface area contributed by atoms with Crippen LogP contribution in [0.15, 0.2) is 48.5 Å². The van der Waals surface area contributed by atoms with Crippen molar-refractivity contribution in [1.82, 2.24) is 0 Å². The third-order valence-corrected chi connectivity index (χ3v) is 2.76. The molecule has 108 valence electrons. The van der Waals surface area contributed by atoms with Crippen LogP contribution in [0.5, 0.6) is 5.75 Å². The highest BCUT2D eigenvalue weighted by molar-refractivity contribution is 6.31. The number of aromatic carboxylic acids is 1. The Morgan fingerprint density at radius 2 is 1.86 bits per heavy atom. The molecule has 6 heteroatoms. The Hall–Kier alpha value is -2.53. The number of hydrogen-bond acceptors (Lipinski definition) is 3. The molecule has 0 heterocycles. The van der Waals surface area contributed by atoms with E-state index < -0.39 is 11.9 Å². The first-order valence-electron chi connectivity index (χ1n) is 6.06. The zero-order valence-electron chi connectivity index (χ0n) is 10.9. The molecule has 2 N–H and O–H groups in total. The number of nitrogens with one attached hydrogen (secondary N) is 1. The highest BCUT2D eigenvalue weighted by atomic mass is 35.5. The molecule has 2 aromatic carbocycles. The lowest BCUT2D eigenvalue weighted by Gasteiger charge is -2.08. The molecule has 1 amide bonds. The fourth-order valence-electron chi connectivity index (χ4n) is 1.65. The van der Waals surface area contributed by atoms with Crippen LogP contribution in [0, 0.1) is 0 Å². The Labute approximate surface area is 126 Å². The minimum atomic E-state index is -1.12. The van der Waals surface area contributed by atoms with E-state index in [-0.39, 0.29) is 17.2 Å². The van der Waals surface area contributed by atoms with Crippen molar-refractivity contribution in [2.45, 2.75) is 0 Å². The van der Waals surface area contributed by atoms with Crippen molar-refractivity contribution >= 4 is 29.2 Å². The molecule has 0 aliphatic heterocycles. The Kier molecular flexibility index (Phi) is 4.79. The lowest BCUT2D eigenvalue weighted by molar-refractivity contribution is -0.118. The molecule has 0 aliphatic carbocycles. The summed E-state index contributed by atoms with van der Waals surface area (Å²) in [6, 6.07) is 13.0. The van der Waals surface area contributed by atoms with Gasteiger partial charge in [0.05, 0.1) is 5.56 Å². The van der Waals surface area contributed by atoms with Gasteiger partial charge in [0.2, 0.25) is 0 Å². The molecule has 0 saturated carbocycles. The SMILES string of the molecule is O=C(COc1ccccc1)Nc1cc(Cl)cc(C(=O)O)c1. The number of carbonyl (C=O) groups is 2. The van der Waals surface area contributed by atoms with Gasteiger partial charge in [0.1, 0.15) is 5.75 Å². The third kappa shape index (κ3) is 4.50. The summed E-state index contributed by atoms with van der Waals surface area (Å²) >= 11 is 5.80. The average molecular weight is 306 g/mol. The summed E-state index contributed by atoms with van der Waals surface area (Å²) in [5.74, 6) is -0.948. The van der Waals surface area contributed by atoms with E-state index in [1.54, 1.807) is 24.3 Å². The molecular formula is C15H12ClNO4. The standard InChI is InChI=1S/C15H12ClNO4/c16-11-6-10(15(19)20)7-12(8-11)17-14(18)9-21-13-4-2-1-3-5-13/h1-8H,9H2,(H,17,18)(H,19,20). The molecule has 0 bridgehead atoms. The molecule has 0 aliphatic rings. The van der Waals surface area contributed by atoms with E-state index in [0.717, 1.165) is 0 Å². The second-order valence-electron chi connectivity index (χ2n) is 4.18. The number of anilines is 1. The van der Waals surface area contributed by atoms with E-state index >= 15 is 0 Å². The van der Waals surface area contributed by atoms with E-state index in [2.05, 4.69) is 5.32 Å². The van der Waals surface area contributed by atoms with Gasteiger partial charge in [-0.2, -0.15) is 0 Å². The van der Waals surface area contributed by atoms with Gasteiger partial charge in [0, 0.05) is 10.7 Å². The van der Waals surface area contributed by atoms with Crippen molar-refractivity contribution in [1.29, 1.82) is 0 Å². The maximum absolute atomic E-state index is 11.8. The molecule has 5 nitrogen and oxygen atoms in total. The predicted octanol–water partition coefficient (Wildman–Crippen LogP) is 3.06. The summed E-state index contributed by atoms with van der Waals surface area (Å²) in [4.78, 5) is 22.7. The summed E-state index contributed by atoms with van der Waals surface area (Å²) in [5, 5.41) is 11.7. The smallest absolute Gasteiger partial charge is 0.335 e. The normalized spacial score (nSPS) is 9.95. The van der Waals surface area contributed by atoms with Crippen LogP contribution >= 0.6 is 11.6 Å². The molecular weight excluding hydrogens is 294 g/mol. The van der Waals surface area contributed by atoms with Crippen molar-refractivity contribution in [3.05, 3.63) is 59.1 Å². The molecule has 0 aromatic heterocycles. The van der Waals surface area contributed by atoms with Gasteiger partial charge in [-0.3, -0.25) is 4.79 Å². The Bertz CT molecular complexity index is 658. The first-order chi connectivity index (χ1) is 10.0. The number of hydrogen-bond donors (Lipinski definition) is 2. The summed E-state index contributed by atoms with van der Waals surface area (Å²) in [6.07, 6.45) is 0. The molecule has 0 fully saturated rings. The fraction of sp³-hybridized carbons (Fsp3) is 0.0667. The quantitative estimate of drug-likeness (QED) is 0.890. The van der Waals surface area contributed by atoms with Crippen LogP contribution < -0.4 is 10.1 Å². The van der Waals surface area contributed by atoms with Crippen LogP contribution in [0.1, 0.15) is 10.4 Å². The van der Waals surface area contributed by atoms with Crippen molar-refractivity contribution in [3.63, 3.8) is 0 Å². The van der Waals surface area contributed by atoms with Crippen LogP contribution in [-0.4, -0.2) is 23.6 Å². The van der Waals surface area contributed by atoms with E-state index in [4.69, 9.17) is 21.4 Å². The van der Waals surface area contributed by atoms with Gasteiger partial charge in [-0.1, -0.05) is 29.8 Å². The van der Waals surface area contributed by atoms with Gasteiger partial charge in [-0.05, 0) is 30.3 Å². The minimum Gasteiger partial charge on any atom is -0.484 e. The highest BCUT2D eigenvalue weighted by Crippen LogP contribution is 2.19. The summed E-state index contributed by atoms with van der Waals surface area (Å²) in [7, 11) is 0. The second kappa shape index (κ2) is 6.76. The zero-order chi connectivity index (χ0) is 15.2. The lowest BCUT2D eigenvalue weighted by Crippen LogP contribution is -2.20. The molecule has 0 atom stereocenters. The maximum Gasteiger partial charge on any atom is 0.335 e. The molecule has 0 saturated heterocycles. The van der Waals surface area contributed by atoms with Crippen LogP contribution in [0.3, 0.4) is 0 Å². The number of ether oxygens (including phenoxy) is 1. The van der Waals surface area contributed by atoms with E-state index in [9.17, 15) is 9.59 Å². The predicted molar refractivity (Wildman–Crippen MR) is 79.0 cm³/mol. The molecule has 21 heavy (non-hydrogen) atoms. The van der Waals surface area contributed by atoms with Gasteiger partial charge in [-0.15, -0.1) is 0 Å². The van der Waals surface area contributed by atoms with Crippen LogP contribution in [0.4, 0.5) is 5.69 Å². The van der Waals surface area contributed by atoms with Crippen molar-refractivity contribution in [3.8, 4) is 5.75 Å². The number of benzene rings is 2. The summed E-state index contributed by atoms with van der Waals surface area (Å²) < 4.78 is 5.29. The van der Waals surface area contributed by atoms with Gasteiger partial charge in [0.15, 0.2) is 6.61 Å². The third-order valence-electron chi connectivity index (χ3n) is 2.54. The van der Waals surface area contributed by atoms with Gasteiger partial charge < -0.3 is 15.2 Å². The summed E-state index contributed by atoms with van der Waals surface area (Å²) in [5.41, 5.74) is 0.309. The highest BCUT2D eigenvalue weighted by Gasteiger charge is 2.09. The van der Waals surface area contributed by atoms with Crippen molar-refractivity contribution in [2.75, 3.05) is 11.9 Å². The number of carboxylic acid groups (broad SMARTS) is 1. The fourth-order valence-corrected chi connectivity index (χ4v) is 1.88. The first kappa shape index (κ1) is 14.9. The number of para-hydroxylation sites is 1. The van der Waals surface area contributed by atoms with Gasteiger partial charge in [-0.25, -0.2) is 4.79 Å².